The van der Waals surface area contributed by atoms with E-state index in [-0.39, 0.29) is 79.7 Å². The van der Waals surface area contributed by atoms with Gasteiger partial charge in [-0.2, -0.15) is 5.26 Å². The molecule has 0 spiro atoms. The number of nitrogens with one attached hydrogen (secondary N) is 2. The van der Waals surface area contributed by atoms with E-state index in [4.69, 9.17) is 41.6 Å². The second-order valence-electron chi connectivity index (χ2n) is 16.5. The molecule has 2 saturated heterocycles. The van der Waals surface area contributed by atoms with Crippen LogP contribution in [0.3, 0.4) is 0 Å². The summed E-state index contributed by atoms with van der Waals surface area (Å²) in [6.45, 7) is -2.43. The molecule has 8 atom stereocenters. The fraction of sp³-hybridized carbons (Fsp3) is 0.348. The maximum absolute atomic E-state index is 14.4. The van der Waals surface area contributed by atoms with Gasteiger partial charge in [-0.1, -0.05) is 53.3 Å². The number of rotatable bonds is 27. The van der Waals surface area contributed by atoms with Crippen molar-refractivity contribution in [2.24, 2.45) is 0 Å². The summed E-state index contributed by atoms with van der Waals surface area (Å²) >= 11 is 0. The van der Waals surface area contributed by atoms with E-state index in [1.54, 1.807) is 60.8 Å². The summed E-state index contributed by atoms with van der Waals surface area (Å²) in [7, 11) is -6.84. The van der Waals surface area contributed by atoms with Crippen molar-refractivity contribution < 1.29 is 70.3 Å². The molecule has 31 heteroatoms. The van der Waals surface area contributed by atoms with Crippen LogP contribution in [0.2, 0.25) is 0 Å². The van der Waals surface area contributed by atoms with E-state index in [0.29, 0.717) is 17.3 Å². The minimum atomic E-state index is -5.07. The molecule has 404 valence electrons. The summed E-state index contributed by atoms with van der Waals surface area (Å²) in [6.07, 6.45) is -0.441. The number of aromatic nitrogens is 9. The SMILES string of the molecule is N#CCCOP(=O)(OCCSSc1ccccn1)OC1CC(n2cnc3c(NC(=O)COc4ccccc4)ncnc32)OC1COP(=O)(O)OC1C[C@H](n2cnc3c(NC(=O)COc4ccccc4)ncnc32)O[C@@H]1CO. The lowest BCUT2D eigenvalue weighted by Gasteiger charge is -2.25. The van der Waals surface area contributed by atoms with E-state index in [1.165, 1.54) is 56.0 Å². The van der Waals surface area contributed by atoms with E-state index >= 15 is 0 Å². The number of carbonyl (C=O) groups excluding carboxylic acids is 2. The number of anilines is 2. The number of para-hydroxylation sites is 2. The van der Waals surface area contributed by atoms with Gasteiger partial charge < -0.3 is 39.6 Å². The van der Waals surface area contributed by atoms with Crippen LogP contribution in [0.5, 0.6) is 11.5 Å². The molecule has 2 aliphatic rings. The van der Waals surface area contributed by atoms with Gasteiger partial charge in [0.1, 0.15) is 66.1 Å². The van der Waals surface area contributed by atoms with E-state index < -0.39 is 77.5 Å². The van der Waals surface area contributed by atoms with Crippen molar-refractivity contribution in [2.75, 3.05) is 56.0 Å². The van der Waals surface area contributed by atoms with Crippen LogP contribution < -0.4 is 20.1 Å². The molecule has 6 unspecified atom stereocenters. The van der Waals surface area contributed by atoms with Gasteiger partial charge in [-0.15, -0.1) is 0 Å². The van der Waals surface area contributed by atoms with Crippen LogP contribution in [0.1, 0.15) is 31.7 Å². The second-order valence-corrected chi connectivity index (χ2v) is 21.9. The van der Waals surface area contributed by atoms with Gasteiger partial charge in [0.2, 0.25) is 0 Å². The smallest absolute Gasteiger partial charge is 0.475 e. The number of ether oxygens (including phenoxy) is 4. The monoisotopic (exact) mass is 1130 g/mol. The summed E-state index contributed by atoms with van der Waals surface area (Å²) in [6, 6.07) is 24.9. The third kappa shape index (κ3) is 14.8. The van der Waals surface area contributed by atoms with Gasteiger partial charge in [0.25, 0.3) is 11.8 Å². The van der Waals surface area contributed by atoms with Crippen molar-refractivity contribution in [1.29, 1.82) is 5.26 Å². The normalized spacial score (nSPS) is 20.8. The molecular formula is C46H48N12O15P2S2. The number of pyridine rings is 1. The maximum atomic E-state index is 14.4. The third-order valence-corrected chi connectivity index (χ3v) is 16.0. The molecule has 0 radical (unpaired) electrons. The van der Waals surface area contributed by atoms with Crippen molar-refractivity contribution in [3.05, 3.63) is 110 Å². The molecule has 7 aromatic rings. The van der Waals surface area contributed by atoms with Crippen molar-refractivity contribution >= 4 is 83.0 Å². The number of phosphoric ester groups is 2. The predicted octanol–water partition coefficient (Wildman–Crippen LogP) is 6.05. The zero-order valence-corrected chi connectivity index (χ0v) is 43.7. The van der Waals surface area contributed by atoms with Crippen LogP contribution >= 0.6 is 37.2 Å². The summed E-state index contributed by atoms with van der Waals surface area (Å²) in [5, 5.41) is 25.7. The van der Waals surface area contributed by atoms with Crippen molar-refractivity contribution in [2.45, 2.75) is 61.2 Å². The topological polar surface area (TPSA) is 340 Å². The summed E-state index contributed by atoms with van der Waals surface area (Å²) in [5.74, 6) is 0.409. The molecule has 27 nitrogen and oxygen atoms in total. The van der Waals surface area contributed by atoms with Gasteiger partial charge >= 0.3 is 15.6 Å². The molecule has 7 heterocycles. The Balaban J connectivity index is 0.883. The average molecular weight is 1140 g/mol. The Kier molecular flexibility index (Phi) is 18.8. The Morgan fingerprint density at radius 3 is 1.83 bits per heavy atom. The summed E-state index contributed by atoms with van der Waals surface area (Å²) in [4.78, 5) is 67.1. The Morgan fingerprint density at radius 1 is 0.714 bits per heavy atom. The number of nitrogens with zero attached hydrogens (tertiary/aromatic N) is 10. The molecule has 2 aromatic carbocycles. The van der Waals surface area contributed by atoms with Gasteiger partial charge in [0, 0.05) is 24.8 Å². The standard InChI is InChI=1S/C46H48N12O15P2S2/c47-15-9-17-67-75(64,68-18-19-76-77-38-14-7-8-16-48-38)73-33-21-40(58-29-54-42-44(50-27-52-46(42)58)56-37(61)25-66-31-12-5-2-6-13-31)71-35(33)23-69-74(62,63)72-32-20-39(70-34(32)22-59)57-28-53-41-43(49-26-51-45(41)57)55-36(60)24-65-30-10-3-1-4-11-30/h1-8,10-14,16,26-29,32-35,39-40,59H,9,17-25H2,(H,62,63)(H,49,51,55,60)(H,50,52,56,61)/t32?,33?,34-,35?,39-,40?,75?/m1/s1. The number of carbonyl (C=O) groups is 2. The Bertz CT molecular complexity index is 3240. The molecule has 0 aliphatic carbocycles. The highest BCUT2D eigenvalue weighted by atomic mass is 33.1. The van der Waals surface area contributed by atoms with Crippen LogP contribution in [0.15, 0.2) is 115 Å². The zero-order chi connectivity index (χ0) is 53.6. The molecular weight excluding hydrogens is 1090 g/mol. The molecule has 0 bridgehead atoms. The van der Waals surface area contributed by atoms with Crippen LogP contribution in [-0.2, 0) is 50.8 Å². The number of aliphatic hydroxyl groups excluding tert-OH is 1. The zero-order valence-electron chi connectivity index (χ0n) is 40.3. The van der Waals surface area contributed by atoms with E-state index in [9.17, 15) is 34.0 Å². The summed E-state index contributed by atoms with van der Waals surface area (Å²) in [5.41, 5.74) is 0.808. The Labute approximate surface area is 445 Å². The number of hydrogen-bond acceptors (Lipinski definition) is 24. The van der Waals surface area contributed by atoms with Gasteiger partial charge in [0.15, 0.2) is 47.2 Å². The van der Waals surface area contributed by atoms with Crippen LogP contribution in [0, 0.1) is 11.3 Å². The van der Waals surface area contributed by atoms with Crippen LogP contribution in [0.4, 0.5) is 11.6 Å². The lowest BCUT2D eigenvalue weighted by Crippen LogP contribution is -2.30. The predicted molar refractivity (Wildman–Crippen MR) is 274 cm³/mol. The molecule has 2 amide bonds. The quantitative estimate of drug-likeness (QED) is 0.0259. The molecule has 5 aromatic heterocycles. The van der Waals surface area contributed by atoms with Gasteiger partial charge in [-0.05, 0) is 47.2 Å². The highest BCUT2D eigenvalue weighted by Crippen LogP contribution is 2.55. The van der Waals surface area contributed by atoms with Crippen molar-refractivity contribution in [1.82, 2.24) is 44.0 Å². The fourth-order valence-electron chi connectivity index (χ4n) is 7.77. The van der Waals surface area contributed by atoms with E-state index in [2.05, 4.69) is 45.5 Å². The average Bonchev–Trinajstić information content (AvgIpc) is 4.29. The number of phosphoric acid groups is 2. The number of fused-ring (bicyclic) bond motifs is 2. The van der Waals surface area contributed by atoms with Crippen molar-refractivity contribution in [3.8, 4) is 17.6 Å². The Morgan fingerprint density at radius 2 is 1.27 bits per heavy atom. The molecule has 2 aliphatic heterocycles. The van der Waals surface area contributed by atoms with Gasteiger partial charge in [-0.25, -0.2) is 44.0 Å². The third-order valence-electron chi connectivity index (χ3n) is 11.2. The van der Waals surface area contributed by atoms with Crippen LogP contribution in [0.25, 0.3) is 22.3 Å². The molecule has 2 fully saturated rings. The highest BCUT2D eigenvalue weighted by molar-refractivity contribution is 8.76. The first-order valence-corrected chi connectivity index (χ1v) is 28.8. The first-order valence-electron chi connectivity index (χ1n) is 23.5. The lowest BCUT2D eigenvalue weighted by atomic mass is 10.2. The lowest BCUT2D eigenvalue weighted by molar-refractivity contribution is -0.118. The summed E-state index contributed by atoms with van der Waals surface area (Å²) < 4.78 is 83.4. The number of nitriles is 1. The molecule has 4 N–H and O–H groups in total. The number of imidazole rings is 2. The molecule has 9 rings (SSSR count). The fourth-order valence-corrected chi connectivity index (χ4v) is 11.9. The van der Waals surface area contributed by atoms with Gasteiger partial charge in [-0.3, -0.25) is 41.3 Å². The minimum Gasteiger partial charge on any atom is -0.484 e. The largest absolute Gasteiger partial charge is 0.484 e. The number of benzene rings is 2. The van der Waals surface area contributed by atoms with E-state index in [0.717, 1.165) is 5.03 Å². The molecule has 77 heavy (non-hydrogen) atoms. The maximum Gasteiger partial charge on any atom is 0.475 e. The number of aliphatic hydroxyl groups is 1. The van der Waals surface area contributed by atoms with E-state index in [1.807, 2.05) is 30.3 Å². The number of amides is 2. The Hall–Kier alpha value is -6.48. The number of hydrogen-bond donors (Lipinski definition) is 4. The highest BCUT2D eigenvalue weighted by Gasteiger charge is 2.46. The first kappa shape index (κ1) is 55.3. The minimum absolute atomic E-state index is 0.0649. The van der Waals surface area contributed by atoms with Crippen molar-refractivity contribution in [3.63, 3.8) is 0 Å². The second kappa shape index (κ2) is 26.2. The van der Waals surface area contributed by atoms with Gasteiger partial charge in [0.05, 0.1) is 51.6 Å². The molecule has 0 saturated carbocycles. The van der Waals surface area contributed by atoms with Crippen LogP contribution in [-0.4, -0.2) is 136 Å². The first-order chi connectivity index (χ1) is 37.5.